The van der Waals surface area contributed by atoms with Crippen LogP contribution in [0.25, 0.3) is 22.1 Å². The van der Waals surface area contributed by atoms with Gasteiger partial charge in [-0.1, -0.05) is 471 Å². The van der Waals surface area contributed by atoms with Gasteiger partial charge < -0.3 is 4.98 Å². The molecule has 0 aliphatic heterocycles. The fourth-order valence-corrected chi connectivity index (χ4v) is 27.7. The number of halogens is 4. The first kappa shape index (κ1) is 115. The number of anilines is 2. The number of hydrogen-bond acceptors (Lipinski definition) is 12. The molecule has 0 radical (unpaired) electrons. The molecule has 145 heavy (non-hydrogen) atoms. The maximum Gasteiger partial charge on any atom is -0.0134 e. The van der Waals surface area contributed by atoms with E-state index in [1.54, 1.807) is 82.4 Å². The summed E-state index contributed by atoms with van der Waals surface area (Å²) in [6, 6.07) is 153. The molecule has 20 rings (SSSR count). The molecule has 28 heteroatoms. The molecule has 16 aromatic carbocycles. The summed E-state index contributed by atoms with van der Waals surface area (Å²) in [5, 5.41) is 38.7. The smallest absolute Gasteiger partial charge is 0.0134 e. The molecule has 0 saturated heterocycles. The quantitative estimate of drug-likeness (QED) is 0.0304. The van der Waals surface area contributed by atoms with E-state index in [9.17, 15) is 16.8 Å². The minimum Gasteiger partial charge on any atom is -0.394 e. The van der Waals surface area contributed by atoms with Crippen molar-refractivity contribution in [3.05, 3.63) is 514 Å². The summed E-state index contributed by atoms with van der Waals surface area (Å²) in [5.41, 5.74) is 8.47. The van der Waals surface area contributed by atoms with E-state index < -0.39 is 51.7 Å². The van der Waals surface area contributed by atoms with Crippen LogP contribution >= 0.6 is 114 Å². The van der Waals surface area contributed by atoms with E-state index in [-0.39, 0.29) is 48.5 Å². The second-order valence-electron chi connectivity index (χ2n) is 33.7. The van der Waals surface area contributed by atoms with E-state index in [1.165, 1.54) is 103 Å². The van der Waals surface area contributed by atoms with Crippen LogP contribution in [0.4, 0.5) is 11.4 Å². The maximum atomic E-state index is 13.1. The Bertz CT molecular complexity index is 6590. The third kappa shape index (κ3) is 33.2. The molecule has 734 valence electrons. The van der Waals surface area contributed by atoms with Crippen LogP contribution in [0.5, 0.6) is 0 Å². The van der Waals surface area contributed by atoms with Gasteiger partial charge in [-0.05, 0) is 220 Å². The Labute approximate surface area is 921 Å². The Morgan fingerprint density at radius 1 is 0.352 bits per heavy atom. The van der Waals surface area contributed by atoms with Crippen molar-refractivity contribution >= 4 is 209 Å². The summed E-state index contributed by atoms with van der Waals surface area (Å²) in [7, 11) is -9.40. The fourth-order valence-electron chi connectivity index (χ4n) is 14.7. The predicted octanol–water partition coefficient (Wildman–Crippen LogP) is 26.6. The average molecular weight is 2420 g/mol. The molecule has 0 aliphatic carbocycles. The van der Waals surface area contributed by atoms with Crippen molar-refractivity contribution in [2.75, 3.05) is 9.44 Å². The number of nitrogens with one attached hydrogen (secondary N) is 2. The van der Waals surface area contributed by atoms with E-state index in [0.717, 1.165) is 31.2 Å². The molecule has 0 aliphatic rings. The number of thiazole rings is 2. The summed E-state index contributed by atoms with van der Waals surface area (Å²) in [6.07, 6.45) is 3.41. The van der Waals surface area contributed by atoms with Gasteiger partial charge in [-0.25, -0.2) is 31.2 Å². The normalized spacial score (nSPS) is 10.9. The second-order valence-corrected chi connectivity index (χ2v) is 49.4. The Morgan fingerprint density at radius 2 is 0.600 bits per heavy atom. The molecule has 0 saturated carbocycles. The standard InChI is InChI=1S/C22H22ClN5O2S2.C19H20ClIN4O2S.4C18H15P.C3H2NS.CH4.BrH.Pd.Zn/c1-14-20(21-24-11-12-31-21)25-27-28(14)19-13-16(23)7-10-18(19)26-32(29,30)17-8-5-15(6-9-17)22(2,3)4;1-12-18(21)22-24-25(12)17-11-14(20)7-10-16(17)23-28(26,27)15-8-5-13(6-9-15)19(2,3)4;4*1-4-10-16(11-5-1)19(17-12-6-2-7-13-17)18-14-8-3-9-15-18;1-2-5-3-4-1;;;;/h5-13,26H,1-4H3;5-11,23H,1-4H3;4*1-15H;1-2H;1H4;1H;;/q;;;;;;-1;;;;+2/p-1. The van der Waals surface area contributed by atoms with Gasteiger partial charge in [-0.15, -0.1) is 33.1 Å². The molecule has 0 spiro atoms. The van der Waals surface area contributed by atoms with Gasteiger partial charge in [0.1, 0.15) is 14.4 Å². The number of nitrogens with zero attached hydrogens (tertiary/aromatic N) is 8. The Kier molecular flexibility index (Phi) is 45.6. The summed E-state index contributed by atoms with van der Waals surface area (Å²) >= 11 is 21.6. The van der Waals surface area contributed by atoms with Gasteiger partial charge in [0, 0.05) is 42.0 Å². The molecule has 14 nitrogen and oxygen atoms in total. The summed E-state index contributed by atoms with van der Waals surface area (Å²) in [6.45, 7) is 16.2. The molecule has 0 atom stereocenters. The van der Waals surface area contributed by atoms with Crippen molar-refractivity contribution in [3.63, 3.8) is 0 Å². The van der Waals surface area contributed by atoms with Crippen LogP contribution < -0.4 is 73.1 Å². The Morgan fingerprint density at radius 3 is 0.800 bits per heavy atom. The van der Waals surface area contributed by atoms with Crippen LogP contribution in [0.2, 0.25) is 10.0 Å². The van der Waals surface area contributed by atoms with Gasteiger partial charge >= 0.3 is 30.0 Å². The number of sulfonamides is 2. The molecule has 20 aromatic rings. The SMILES string of the molecule is C.Cc1c(-c2nccs2)nnn1-c1cc(Cl)ccc1NS(=O)(=O)c1ccc(C(C)(C)C)cc1.Cc1c(I)nnn1-c1cc(Cl)ccc1NS(=O)(=O)c1ccc(C(C)(C)C)cc1.[Pd].[Zn+][Br].[c-]1nccs1.c1ccc(P(c2ccccc2)c2ccccc2)cc1.c1ccc(P(c2ccccc2)c2ccccc2)cc1.c1ccc(P(c2ccccc2)c2ccccc2)cc1.c1ccc(P(c2ccccc2)c2ccccc2)cc1. The topological polar surface area (TPSA) is 180 Å². The fraction of sp³-hybridized carbons (Fsp3) is 0.0940. The monoisotopic (exact) mass is 2410 g/mol. The first-order valence-electron chi connectivity index (χ1n) is 45.4. The van der Waals surface area contributed by atoms with Gasteiger partial charge in [-0.2, -0.15) is 0 Å². The summed E-state index contributed by atoms with van der Waals surface area (Å²) in [4.78, 5) is 8.26. The minimum atomic E-state index is -3.83. The Hall–Kier alpha value is -10.6. The average Bonchev–Trinajstić information content (AvgIpc) is 1.72. The molecular formula is C117H108BrCl2IN10O4P4PdS4Zn. The van der Waals surface area contributed by atoms with Gasteiger partial charge in [0.2, 0.25) is 0 Å². The third-order valence-corrected chi connectivity index (χ3v) is 37.0. The molecule has 4 heterocycles. The molecule has 0 bridgehead atoms. The van der Waals surface area contributed by atoms with Crippen LogP contribution in [0.1, 0.15) is 71.5 Å². The van der Waals surface area contributed by atoms with E-state index in [2.05, 4.69) is 487 Å². The van der Waals surface area contributed by atoms with Crippen molar-refractivity contribution in [3.8, 4) is 22.1 Å². The number of aromatic nitrogens is 8. The van der Waals surface area contributed by atoms with Crippen LogP contribution in [-0.2, 0) is 67.6 Å². The molecule has 0 fully saturated rings. The zero-order chi connectivity index (χ0) is 101. The van der Waals surface area contributed by atoms with Crippen molar-refractivity contribution < 1.29 is 53.6 Å². The second kappa shape index (κ2) is 57.6. The van der Waals surface area contributed by atoms with Crippen LogP contribution in [0.15, 0.2) is 482 Å². The number of rotatable bonds is 21. The van der Waals surface area contributed by atoms with Crippen LogP contribution in [0.3, 0.4) is 0 Å². The van der Waals surface area contributed by atoms with E-state index in [4.69, 9.17) is 23.2 Å². The van der Waals surface area contributed by atoms with Gasteiger partial charge in [0.05, 0.1) is 43.9 Å². The van der Waals surface area contributed by atoms with Crippen molar-refractivity contribution in [1.82, 2.24) is 40.0 Å². The zero-order valence-corrected chi connectivity index (χ0v) is 96.8. The van der Waals surface area contributed by atoms with Crippen LogP contribution in [-0.4, -0.2) is 56.8 Å². The maximum absolute atomic E-state index is 13.1. The largest absolute Gasteiger partial charge is 0.394 e. The van der Waals surface area contributed by atoms with Crippen molar-refractivity contribution in [2.24, 2.45) is 0 Å². The van der Waals surface area contributed by atoms with Gasteiger partial charge in [0.25, 0.3) is 20.0 Å². The molecule has 0 unspecified atom stereocenters. The Balaban J connectivity index is 0.000000165. The molecular weight excluding hydrogens is 2310 g/mol. The number of benzene rings is 16. The molecule has 4 aromatic heterocycles. The summed E-state index contributed by atoms with van der Waals surface area (Å²) in [5.74, 6) is 0. The zero-order valence-electron chi connectivity index (χ0n) is 80.2. The molecule has 0 amide bonds. The van der Waals surface area contributed by atoms with E-state index in [0.29, 0.717) is 38.5 Å². The van der Waals surface area contributed by atoms with E-state index in [1.807, 2.05) is 48.9 Å². The van der Waals surface area contributed by atoms with Crippen molar-refractivity contribution in [1.29, 1.82) is 0 Å². The minimum absolute atomic E-state index is 0. The molecule has 2 N–H and O–H groups in total. The van der Waals surface area contributed by atoms with Gasteiger partial charge in [0.15, 0.2) is 0 Å². The third-order valence-electron chi connectivity index (χ3n) is 21.8. The predicted molar refractivity (Wildman–Crippen MR) is 625 cm³/mol. The van der Waals surface area contributed by atoms with E-state index >= 15 is 0 Å². The number of hydrogen-bond donors (Lipinski definition) is 2. The first-order chi connectivity index (χ1) is 69.3. The van der Waals surface area contributed by atoms with Crippen molar-refractivity contribution in [2.45, 2.75) is 83.4 Å². The first-order valence-corrected chi connectivity index (χ1v) is 64.3. The summed E-state index contributed by atoms with van der Waals surface area (Å²) < 4.78 is 61.2. The van der Waals surface area contributed by atoms with Crippen LogP contribution in [0, 0.1) is 23.1 Å². The van der Waals surface area contributed by atoms with Gasteiger partial charge in [-0.3, -0.25) is 20.8 Å².